The molecular formula is C19H29N5O2. The molecule has 2 aliphatic heterocycles. The van der Waals surface area contributed by atoms with Crippen molar-refractivity contribution < 1.29 is 9.59 Å². The fraction of sp³-hybridized carbons (Fsp3) is 0.632. The van der Waals surface area contributed by atoms with Crippen molar-refractivity contribution in [3.05, 3.63) is 24.5 Å². The Kier molecular flexibility index (Phi) is 6.57. The number of anilines is 1. The summed E-state index contributed by atoms with van der Waals surface area (Å²) in [5.41, 5.74) is 0.712. The summed E-state index contributed by atoms with van der Waals surface area (Å²) in [6, 6.07) is 3.62. The Morgan fingerprint density at radius 2 is 2.00 bits per heavy atom. The highest BCUT2D eigenvalue weighted by molar-refractivity contribution is 5.92. The van der Waals surface area contributed by atoms with E-state index in [4.69, 9.17) is 0 Å². The van der Waals surface area contributed by atoms with E-state index in [-0.39, 0.29) is 11.8 Å². The topological polar surface area (TPSA) is 68.8 Å². The SMILES string of the molecule is CCN1CCC[C@@H](C(=O)N2CCN(CC(=O)Nc3cccnc3)CC2)C1. The van der Waals surface area contributed by atoms with Gasteiger partial charge in [-0.05, 0) is 38.1 Å². The van der Waals surface area contributed by atoms with Crippen molar-refractivity contribution in [3.8, 4) is 0 Å². The number of nitrogens with one attached hydrogen (secondary N) is 1. The van der Waals surface area contributed by atoms with Crippen LogP contribution in [0.1, 0.15) is 19.8 Å². The van der Waals surface area contributed by atoms with E-state index in [1.165, 1.54) is 0 Å². The van der Waals surface area contributed by atoms with E-state index in [1.54, 1.807) is 18.5 Å². The zero-order valence-corrected chi connectivity index (χ0v) is 15.6. The molecule has 0 saturated carbocycles. The van der Waals surface area contributed by atoms with Crippen LogP contribution in [0.2, 0.25) is 0 Å². The summed E-state index contributed by atoms with van der Waals surface area (Å²) in [6.07, 6.45) is 5.43. The number of hydrogen-bond acceptors (Lipinski definition) is 5. The molecule has 1 aromatic rings. The molecule has 1 N–H and O–H groups in total. The molecular weight excluding hydrogens is 330 g/mol. The maximum absolute atomic E-state index is 12.8. The lowest BCUT2D eigenvalue weighted by molar-refractivity contribution is -0.139. The number of rotatable bonds is 5. The van der Waals surface area contributed by atoms with Gasteiger partial charge < -0.3 is 15.1 Å². The zero-order valence-electron chi connectivity index (χ0n) is 15.6. The zero-order chi connectivity index (χ0) is 18.4. The average Bonchev–Trinajstić information content (AvgIpc) is 2.69. The number of likely N-dealkylation sites (tertiary alicyclic amines) is 1. The summed E-state index contributed by atoms with van der Waals surface area (Å²) in [5, 5.41) is 2.86. The highest BCUT2D eigenvalue weighted by atomic mass is 16.2. The van der Waals surface area contributed by atoms with E-state index in [9.17, 15) is 9.59 Å². The van der Waals surface area contributed by atoms with Gasteiger partial charge in [-0.1, -0.05) is 6.92 Å². The Morgan fingerprint density at radius 3 is 2.69 bits per heavy atom. The molecule has 3 heterocycles. The lowest BCUT2D eigenvalue weighted by Crippen LogP contribution is -2.53. The molecule has 0 aliphatic carbocycles. The number of piperidine rings is 1. The standard InChI is InChI=1S/C19H29N5O2/c1-2-22-8-4-5-16(14-22)19(26)24-11-9-23(10-12-24)15-18(25)21-17-6-3-7-20-13-17/h3,6-7,13,16H,2,4-5,8-12,14-15H2,1H3,(H,21,25)/t16-/m1/s1. The second-order valence-corrected chi connectivity index (χ2v) is 7.12. The molecule has 0 unspecified atom stereocenters. The molecule has 1 aromatic heterocycles. The molecule has 2 fully saturated rings. The van der Waals surface area contributed by atoms with Crippen LogP contribution < -0.4 is 5.32 Å². The van der Waals surface area contributed by atoms with Gasteiger partial charge in [-0.15, -0.1) is 0 Å². The quantitative estimate of drug-likeness (QED) is 0.846. The van der Waals surface area contributed by atoms with Crippen LogP contribution >= 0.6 is 0 Å². The summed E-state index contributed by atoms with van der Waals surface area (Å²) in [6.45, 7) is 8.44. The number of amides is 2. The van der Waals surface area contributed by atoms with Crippen LogP contribution in [-0.4, -0.2) is 83.9 Å². The fourth-order valence-corrected chi connectivity index (χ4v) is 3.77. The maximum Gasteiger partial charge on any atom is 0.238 e. The van der Waals surface area contributed by atoms with Crippen LogP contribution in [0.15, 0.2) is 24.5 Å². The lowest BCUT2D eigenvalue weighted by Gasteiger charge is -2.38. The van der Waals surface area contributed by atoms with E-state index in [2.05, 4.69) is 27.0 Å². The number of piperazine rings is 1. The molecule has 0 spiro atoms. The number of nitrogens with zero attached hydrogens (tertiary/aromatic N) is 4. The fourth-order valence-electron chi connectivity index (χ4n) is 3.77. The summed E-state index contributed by atoms with van der Waals surface area (Å²) >= 11 is 0. The first kappa shape index (κ1) is 18.8. The van der Waals surface area contributed by atoms with Crippen LogP contribution in [0, 0.1) is 5.92 Å². The number of hydrogen-bond donors (Lipinski definition) is 1. The summed E-state index contributed by atoms with van der Waals surface area (Å²) in [4.78, 5) is 35.4. The van der Waals surface area contributed by atoms with Crippen molar-refractivity contribution in [1.82, 2.24) is 19.7 Å². The summed E-state index contributed by atoms with van der Waals surface area (Å²) in [7, 11) is 0. The predicted octanol–water partition coefficient (Wildman–Crippen LogP) is 0.896. The smallest absolute Gasteiger partial charge is 0.238 e. The first-order valence-electron chi connectivity index (χ1n) is 9.59. The molecule has 2 saturated heterocycles. The minimum absolute atomic E-state index is 0.0383. The molecule has 3 rings (SSSR count). The molecule has 0 bridgehead atoms. The number of aromatic nitrogens is 1. The Hall–Kier alpha value is -1.99. The van der Waals surface area contributed by atoms with Gasteiger partial charge in [0.1, 0.15) is 0 Å². The van der Waals surface area contributed by atoms with Gasteiger partial charge in [0, 0.05) is 38.9 Å². The molecule has 7 heteroatoms. The van der Waals surface area contributed by atoms with Crippen molar-refractivity contribution in [1.29, 1.82) is 0 Å². The molecule has 0 aromatic carbocycles. The third-order valence-electron chi connectivity index (χ3n) is 5.30. The molecule has 1 atom stereocenters. The minimum Gasteiger partial charge on any atom is -0.340 e. The van der Waals surface area contributed by atoms with Crippen molar-refractivity contribution in [3.63, 3.8) is 0 Å². The normalized spacial score (nSPS) is 22.2. The first-order valence-corrected chi connectivity index (χ1v) is 9.59. The van der Waals surface area contributed by atoms with E-state index < -0.39 is 0 Å². The van der Waals surface area contributed by atoms with Crippen molar-refractivity contribution in [2.24, 2.45) is 5.92 Å². The highest BCUT2D eigenvalue weighted by Crippen LogP contribution is 2.19. The van der Waals surface area contributed by atoms with Gasteiger partial charge in [0.25, 0.3) is 0 Å². The second-order valence-electron chi connectivity index (χ2n) is 7.12. The van der Waals surface area contributed by atoms with Gasteiger partial charge in [-0.25, -0.2) is 0 Å². The maximum atomic E-state index is 12.8. The van der Waals surface area contributed by atoms with Crippen molar-refractivity contribution in [2.45, 2.75) is 19.8 Å². The highest BCUT2D eigenvalue weighted by Gasteiger charge is 2.30. The molecule has 26 heavy (non-hydrogen) atoms. The monoisotopic (exact) mass is 359 g/mol. The molecule has 0 radical (unpaired) electrons. The second kappa shape index (κ2) is 9.09. The van der Waals surface area contributed by atoms with Crippen molar-refractivity contribution in [2.75, 3.05) is 57.7 Å². The van der Waals surface area contributed by atoms with Gasteiger partial charge >= 0.3 is 0 Å². The molecule has 2 aliphatic rings. The largest absolute Gasteiger partial charge is 0.340 e. The number of pyridine rings is 1. The van der Waals surface area contributed by atoms with E-state index >= 15 is 0 Å². The van der Waals surface area contributed by atoms with Crippen LogP contribution in [-0.2, 0) is 9.59 Å². The molecule has 7 nitrogen and oxygen atoms in total. The van der Waals surface area contributed by atoms with Crippen molar-refractivity contribution >= 4 is 17.5 Å². The minimum atomic E-state index is -0.0383. The van der Waals surface area contributed by atoms with Gasteiger partial charge in [-0.2, -0.15) is 0 Å². The van der Waals surface area contributed by atoms with Gasteiger partial charge in [0.05, 0.1) is 24.3 Å². The summed E-state index contributed by atoms with van der Waals surface area (Å²) in [5.74, 6) is 0.399. The third-order valence-corrected chi connectivity index (χ3v) is 5.30. The number of carbonyl (C=O) groups excluding carboxylic acids is 2. The predicted molar refractivity (Wildman–Crippen MR) is 101 cm³/mol. The number of carbonyl (C=O) groups is 2. The van der Waals surface area contributed by atoms with E-state index in [0.717, 1.165) is 45.6 Å². The molecule has 2 amide bonds. The first-order chi connectivity index (χ1) is 12.7. The van der Waals surface area contributed by atoms with Gasteiger partial charge in [0.15, 0.2) is 0 Å². The lowest BCUT2D eigenvalue weighted by atomic mass is 9.96. The Bertz CT molecular complexity index is 601. The van der Waals surface area contributed by atoms with Crippen LogP contribution in [0.5, 0.6) is 0 Å². The van der Waals surface area contributed by atoms with E-state index in [0.29, 0.717) is 31.2 Å². The Balaban J connectivity index is 1.42. The Morgan fingerprint density at radius 1 is 1.19 bits per heavy atom. The summed E-state index contributed by atoms with van der Waals surface area (Å²) < 4.78 is 0. The van der Waals surface area contributed by atoms with Gasteiger partial charge in [-0.3, -0.25) is 19.5 Å². The Labute approximate surface area is 155 Å². The average molecular weight is 359 g/mol. The van der Waals surface area contributed by atoms with Crippen LogP contribution in [0.4, 0.5) is 5.69 Å². The molecule has 142 valence electrons. The van der Waals surface area contributed by atoms with E-state index in [1.807, 2.05) is 11.0 Å². The van der Waals surface area contributed by atoms with Crippen LogP contribution in [0.25, 0.3) is 0 Å². The third kappa shape index (κ3) is 5.02. The van der Waals surface area contributed by atoms with Gasteiger partial charge in [0.2, 0.25) is 11.8 Å². The van der Waals surface area contributed by atoms with Crippen LogP contribution in [0.3, 0.4) is 0 Å².